The third kappa shape index (κ3) is 3.87. The molecule has 1 amide bonds. The first-order valence-electron chi connectivity index (χ1n) is 7.98. The van der Waals surface area contributed by atoms with Gasteiger partial charge in [0.2, 0.25) is 21.6 Å². The standard InChI is InChI=1S/C16H18FN3O4S/c1-11-4-2-3-9-20(11)14(21)10-25(22,23)16-19-18-15(24-16)12-5-7-13(17)8-6-12/h5-8,11H,2-4,9-10H2,1H3. The number of hydrogen-bond donors (Lipinski definition) is 0. The van der Waals surface area contributed by atoms with Crippen LogP contribution in [0.3, 0.4) is 0 Å². The lowest BCUT2D eigenvalue weighted by atomic mass is 10.0. The van der Waals surface area contributed by atoms with E-state index < -0.39 is 32.5 Å². The predicted molar refractivity (Wildman–Crippen MR) is 86.8 cm³/mol. The van der Waals surface area contributed by atoms with Crippen LogP contribution in [0, 0.1) is 5.82 Å². The molecule has 1 aromatic carbocycles. The molecule has 25 heavy (non-hydrogen) atoms. The summed E-state index contributed by atoms with van der Waals surface area (Å²) in [6, 6.07) is 5.23. The molecule has 0 spiro atoms. The van der Waals surface area contributed by atoms with Gasteiger partial charge in [-0.25, -0.2) is 12.8 Å². The summed E-state index contributed by atoms with van der Waals surface area (Å²) in [5.74, 6) is -1.65. The zero-order valence-electron chi connectivity index (χ0n) is 13.7. The van der Waals surface area contributed by atoms with E-state index >= 15 is 0 Å². The lowest BCUT2D eigenvalue weighted by Crippen LogP contribution is -2.44. The molecule has 134 valence electrons. The average Bonchev–Trinajstić information content (AvgIpc) is 3.06. The minimum Gasteiger partial charge on any atom is -0.408 e. The van der Waals surface area contributed by atoms with Crippen molar-refractivity contribution < 1.29 is 22.0 Å². The van der Waals surface area contributed by atoms with Gasteiger partial charge in [-0.1, -0.05) is 5.10 Å². The maximum absolute atomic E-state index is 12.9. The molecule has 1 aromatic heterocycles. The molecule has 1 fully saturated rings. The third-order valence-electron chi connectivity index (χ3n) is 4.20. The summed E-state index contributed by atoms with van der Waals surface area (Å²) in [5, 5.41) is 6.60. The van der Waals surface area contributed by atoms with E-state index in [1.54, 1.807) is 4.90 Å². The predicted octanol–water partition coefficient (Wildman–Crippen LogP) is 2.05. The van der Waals surface area contributed by atoms with Crippen molar-refractivity contribution in [1.82, 2.24) is 15.1 Å². The number of carbonyl (C=O) groups is 1. The van der Waals surface area contributed by atoms with Gasteiger partial charge in [0.25, 0.3) is 0 Å². The quantitative estimate of drug-likeness (QED) is 0.821. The van der Waals surface area contributed by atoms with Gasteiger partial charge in [0.1, 0.15) is 11.6 Å². The van der Waals surface area contributed by atoms with Crippen molar-refractivity contribution in [3.05, 3.63) is 30.1 Å². The lowest BCUT2D eigenvalue weighted by Gasteiger charge is -2.33. The number of benzene rings is 1. The minimum absolute atomic E-state index is 0.0221. The highest BCUT2D eigenvalue weighted by Crippen LogP contribution is 2.22. The van der Waals surface area contributed by atoms with Gasteiger partial charge >= 0.3 is 5.22 Å². The maximum atomic E-state index is 12.9. The topological polar surface area (TPSA) is 93.4 Å². The van der Waals surface area contributed by atoms with E-state index in [9.17, 15) is 17.6 Å². The molecule has 1 unspecified atom stereocenters. The van der Waals surface area contributed by atoms with Crippen molar-refractivity contribution in [2.24, 2.45) is 0 Å². The van der Waals surface area contributed by atoms with Crippen LogP contribution in [0.25, 0.3) is 11.5 Å². The molecule has 0 bridgehead atoms. The number of piperidine rings is 1. The van der Waals surface area contributed by atoms with Crippen molar-refractivity contribution in [2.45, 2.75) is 37.5 Å². The van der Waals surface area contributed by atoms with Gasteiger partial charge in [-0.3, -0.25) is 4.79 Å². The highest BCUT2D eigenvalue weighted by atomic mass is 32.2. The molecule has 1 atom stereocenters. The fourth-order valence-electron chi connectivity index (χ4n) is 2.82. The number of carbonyl (C=O) groups excluding carboxylic acids is 1. The Hall–Kier alpha value is -2.29. The summed E-state index contributed by atoms with van der Waals surface area (Å²) in [6.07, 6.45) is 2.76. The molecule has 1 aliphatic heterocycles. The van der Waals surface area contributed by atoms with Crippen LogP contribution in [-0.4, -0.2) is 47.8 Å². The summed E-state index contributed by atoms with van der Waals surface area (Å²) in [6.45, 7) is 2.46. The zero-order valence-corrected chi connectivity index (χ0v) is 14.5. The van der Waals surface area contributed by atoms with Gasteiger partial charge in [-0.2, -0.15) is 0 Å². The molecular formula is C16H18FN3O4S. The van der Waals surface area contributed by atoms with E-state index in [0.29, 0.717) is 12.1 Å². The highest BCUT2D eigenvalue weighted by Gasteiger charge is 2.31. The van der Waals surface area contributed by atoms with E-state index in [-0.39, 0.29) is 11.9 Å². The largest absolute Gasteiger partial charge is 0.408 e. The van der Waals surface area contributed by atoms with Gasteiger partial charge in [0.05, 0.1) is 0 Å². The Morgan fingerprint density at radius 1 is 1.28 bits per heavy atom. The molecule has 9 heteroatoms. The van der Waals surface area contributed by atoms with Crippen LogP contribution in [0.15, 0.2) is 33.9 Å². The van der Waals surface area contributed by atoms with Crippen LogP contribution in [0.2, 0.25) is 0 Å². The first-order chi connectivity index (χ1) is 11.9. The summed E-state index contributed by atoms with van der Waals surface area (Å²) in [5.41, 5.74) is 0.395. The second-order valence-electron chi connectivity index (χ2n) is 6.07. The number of rotatable bonds is 4. The van der Waals surface area contributed by atoms with Crippen LogP contribution >= 0.6 is 0 Å². The van der Waals surface area contributed by atoms with Gasteiger partial charge in [-0.15, -0.1) is 5.10 Å². The summed E-state index contributed by atoms with van der Waals surface area (Å²) in [4.78, 5) is 13.9. The molecule has 3 rings (SSSR count). The van der Waals surface area contributed by atoms with Gasteiger partial charge < -0.3 is 9.32 Å². The molecule has 7 nitrogen and oxygen atoms in total. The number of amides is 1. The van der Waals surface area contributed by atoms with Crippen molar-refractivity contribution >= 4 is 15.7 Å². The van der Waals surface area contributed by atoms with Crippen molar-refractivity contribution in [3.63, 3.8) is 0 Å². The number of halogens is 1. The molecule has 2 heterocycles. The van der Waals surface area contributed by atoms with E-state index in [1.165, 1.54) is 24.3 Å². The molecule has 0 saturated carbocycles. The van der Waals surface area contributed by atoms with Crippen LogP contribution in [-0.2, 0) is 14.6 Å². The Labute approximate surface area is 144 Å². The summed E-state index contributed by atoms with van der Waals surface area (Å²) in [7, 11) is -4.03. The Morgan fingerprint density at radius 3 is 2.68 bits per heavy atom. The smallest absolute Gasteiger partial charge is 0.336 e. The molecule has 1 saturated heterocycles. The highest BCUT2D eigenvalue weighted by molar-refractivity contribution is 7.91. The Balaban J connectivity index is 1.76. The Kier molecular flexibility index (Phi) is 4.85. The summed E-state index contributed by atoms with van der Waals surface area (Å²) < 4.78 is 42.9. The van der Waals surface area contributed by atoms with Gasteiger partial charge in [0.15, 0.2) is 0 Å². The number of nitrogens with zero attached hydrogens (tertiary/aromatic N) is 3. The summed E-state index contributed by atoms with van der Waals surface area (Å²) >= 11 is 0. The van der Waals surface area contributed by atoms with Crippen molar-refractivity contribution in [2.75, 3.05) is 12.3 Å². The maximum Gasteiger partial charge on any atom is 0.336 e. The van der Waals surface area contributed by atoms with Gasteiger partial charge in [-0.05, 0) is 50.5 Å². The monoisotopic (exact) mass is 367 g/mol. The fourth-order valence-corrected chi connectivity index (χ4v) is 3.81. The molecule has 1 aliphatic rings. The van der Waals surface area contributed by atoms with Crippen LogP contribution in [0.5, 0.6) is 0 Å². The zero-order chi connectivity index (χ0) is 18.0. The van der Waals surface area contributed by atoms with E-state index in [0.717, 1.165) is 19.3 Å². The van der Waals surface area contributed by atoms with E-state index in [2.05, 4.69) is 10.2 Å². The number of hydrogen-bond acceptors (Lipinski definition) is 6. The second kappa shape index (κ2) is 6.91. The van der Waals surface area contributed by atoms with Crippen LogP contribution in [0.1, 0.15) is 26.2 Å². The normalized spacial score (nSPS) is 18.3. The van der Waals surface area contributed by atoms with Crippen molar-refractivity contribution in [1.29, 1.82) is 0 Å². The molecule has 0 radical (unpaired) electrons. The first-order valence-corrected chi connectivity index (χ1v) is 9.64. The molecular weight excluding hydrogens is 349 g/mol. The SMILES string of the molecule is CC1CCCCN1C(=O)CS(=O)(=O)c1nnc(-c2ccc(F)cc2)o1. The Bertz CT molecular complexity index is 864. The van der Waals surface area contributed by atoms with Crippen LogP contribution in [0.4, 0.5) is 4.39 Å². The number of sulfone groups is 1. The number of likely N-dealkylation sites (tertiary alicyclic amines) is 1. The molecule has 2 aromatic rings. The second-order valence-corrected chi connectivity index (χ2v) is 7.94. The average molecular weight is 367 g/mol. The van der Waals surface area contributed by atoms with Gasteiger partial charge in [0, 0.05) is 18.2 Å². The third-order valence-corrected chi connectivity index (χ3v) is 5.52. The minimum atomic E-state index is -4.03. The van der Waals surface area contributed by atoms with Crippen molar-refractivity contribution in [3.8, 4) is 11.5 Å². The molecule has 0 aliphatic carbocycles. The van der Waals surface area contributed by atoms with E-state index in [4.69, 9.17) is 4.42 Å². The lowest BCUT2D eigenvalue weighted by molar-refractivity contribution is -0.131. The first kappa shape index (κ1) is 17.5. The van der Waals surface area contributed by atoms with E-state index in [1.807, 2.05) is 6.92 Å². The molecule has 0 N–H and O–H groups in total. The van der Waals surface area contributed by atoms with Crippen LogP contribution < -0.4 is 0 Å². The number of aromatic nitrogens is 2. The fraction of sp³-hybridized carbons (Fsp3) is 0.438. The Morgan fingerprint density at radius 2 is 2.00 bits per heavy atom.